The number of carbonyl (C=O) groups is 1. The molecule has 0 saturated carbocycles. The Kier molecular flexibility index (Phi) is 9.52. The van der Waals surface area contributed by atoms with Crippen molar-refractivity contribution in [2.45, 2.75) is 35.5 Å². The highest BCUT2D eigenvalue weighted by atomic mass is 32.2. The molecule has 0 unspecified atom stereocenters. The molecular formula is C25H27NO6S2. The summed E-state index contributed by atoms with van der Waals surface area (Å²) in [6.45, 7) is 1.40. The highest BCUT2D eigenvalue weighted by Crippen LogP contribution is 2.20. The predicted octanol–water partition coefficient (Wildman–Crippen LogP) is 4.15. The molecule has 0 spiro atoms. The number of aliphatic hydroxyl groups is 1. The second kappa shape index (κ2) is 12.6. The first-order valence-corrected chi connectivity index (χ1v) is 13.0. The van der Waals surface area contributed by atoms with Gasteiger partial charge in [0.2, 0.25) is 0 Å². The van der Waals surface area contributed by atoms with E-state index in [9.17, 15) is 18.3 Å². The van der Waals surface area contributed by atoms with Crippen molar-refractivity contribution in [2.24, 2.45) is 0 Å². The predicted molar refractivity (Wildman–Crippen MR) is 131 cm³/mol. The fraction of sp³-hybridized carbons (Fsp3) is 0.240. The van der Waals surface area contributed by atoms with E-state index in [0.29, 0.717) is 0 Å². The maximum absolute atomic E-state index is 12.5. The standard InChI is InChI=1S/C25H27NO6S2/c1-19-12-14-22(15-13-19)34(29,30)32-17-24(27)23(18-33-21-10-6-3-7-11-21)26-25(28)31-16-20-8-4-2-5-9-20/h2-15,23-24,27H,16-18H2,1H3,(H,26,28)/t23-,24-/m0/s1. The lowest BCUT2D eigenvalue weighted by Crippen LogP contribution is -2.47. The first-order chi connectivity index (χ1) is 16.3. The fourth-order valence-electron chi connectivity index (χ4n) is 2.92. The molecule has 0 heterocycles. The summed E-state index contributed by atoms with van der Waals surface area (Å²) >= 11 is 1.41. The molecule has 0 aliphatic rings. The largest absolute Gasteiger partial charge is 0.445 e. The van der Waals surface area contributed by atoms with Gasteiger partial charge in [-0.2, -0.15) is 8.42 Å². The Morgan fingerprint density at radius 3 is 2.24 bits per heavy atom. The van der Waals surface area contributed by atoms with Crippen LogP contribution in [0.25, 0.3) is 0 Å². The van der Waals surface area contributed by atoms with Crippen LogP contribution in [0, 0.1) is 6.92 Å². The van der Waals surface area contributed by atoms with E-state index in [1.54, 1.807) is 12.1 Å². The number of aryl methyl sites for hydroxylation is 1. The molecule has 7 nitrogen and oxygen atoms in total. The van der Waals surface area contributed by atoms with Crippen molar-refractivity contribution >= 4 is 28.0 Å². The Labute approximate surface area is 204 Å². The molecule has 0 fully saturated rings. The summed E-state index contributed by atoms with van der Waals surface area (Å²) in [6, 6.07) is 24.0. The van der Waals surface area contributed by atoms with Crippen LogP contribution in [0.4, 0.5) is 4.79 Å². The maximum Gasteiger partial charge on any atom is 0.407 e. The van der Waals surface area contributed by atoms with Gasteiger partial charge in [-0.25, -0.2) is 4.79 Å². The van der Waals surface area contributed by atoms with Gasteiger partial charge in [-0.15, -0.1) is 11.8 Å². The Morgan fingerprint density at radius 2 is 1.59 bits per heavy atom. The molecule has 2 N–H and O–H groups in total. The van der Waals surface area contributed by atoms with Gasteiger partial charge in [-0.3, -0.25) is 4.18 Å². The van der Waals surface area contributed by atoms with Crippen LogP contribution in [-0.4, -0.2) is 44.1 Å². The number of amides is 1. The lowest BCUT2D eigenvalue weighted by Gasteiger charge is -2.23. The summed E-state index contributed by atoms with van der Waals surface area (Å²) in [5.41, 5.74) is 1.73. The van der Waals surface area contributed by atoms with Gasteiger partial charge in [0.1, 0.15) is 6.61 Å². The monoisotopic (exact) mass is 501 g/mol. The fourth-order valence-corrected chi connectivity index (χ4v) is 4.87. The third-order valence-corrected chi connectivity index (χ3v) is 7.28. The van der Waals surface area contributed by atoms with Crippen LogP contribution in [0.15, 0.2) is 94.7 Å². The minimum absolute atomic E-state index is 0.00394. The number of thioether (sulfide) groups is 1. The van der Waals surface area contributed by atoms with Crippen molar-refractivity contribution in [1.29, 1.82) is 0 Å². The highest BCUT2D eigenvalue weighted by Gasteiger charge is 2.26. The molecule has 9 heteroatoms. The van der Waals surface area contributed by atoms with E-state index in [1.807, 2.05) is 67.6 Å². The first kappa shape index (κ1) is 25.8. The number of alkyl carbamates (subject to hydrolysis) is 1. The van der Waals surface area contributed by atoms with E-state index in [-0.39, 0.29) is 17.3 Å². The van der Waals surface area contributed by atoms with Crippen LogP contribution in [0.5, 0.6) is 0 Å². The number of hydrogen-bond donors (Lipinski definition) is 2. The Hall–Kier alpha value is -2.85. The number of benzene rings is 3. The summed E-state index contributed by atoms with van der Waals surface area (Å²) in [7, 11) is -4.06. The molecular weight excluding hydrogens is 474 g/mol. The van der Waals surface area contributed by atoms with E-state index >= 15 is 0 Å². The van der Waals surface area contributed by atoms with Gasteiger partial charge in [0.25, 0.3) is 10.1 Å². The molecule has 0 bridgehead atoms. The molecule has 180 valence electrons. The second-order valence-electron chi connectivity index (χ2n) is 7.56. The minimum Gasteiger partial charge on any atom is -0.445 e. The normalized spacial score (nSPS) is 13.1. The van der Waals surface area contributed by atoms with Gasteiger partial charge in [-0.1, -0.05) is 66.2 Å². The van der Waals surface area contributed by atoms with E-state index in [2.05, 4.69) is 5.32 Å². The minimum atomic E-state index is -4.06. The van der Waals surface area contributed by atoms with Crippen molar-refractivity contribution in [1.82, 2.24) is 5.32 Å². The molecule has 2 atom stereocenters. The van der Waals surface area contributed by atoms with Crippen LogP contribution in [-0.2, 0) is 25.6 Å². The first-order valence-electron chi connectivity index (χ1n) is 10.6. The zero-order valence-electron chi connectivity index (χ0n) is 18.7. The van der Waals surface area contributed by atoms with Crippen molar-refractivity contribution in [3.05, 3.63) is 96.1 Å². The van der Waals surface area contributed by atoms with Gasteiger partial charge in [0, 0.05) is 10.6 Å². The molecule has 1 amide bonds. The maximum atomic E-state index is 12.5. The Bertz CT molecular complexity index is 1140. The summed E-state index contributed by atoms with van der Waals surface area (Å²) in [4.78, 5) is 13.3. The molecule has 3 rings (SSSR count). The van der Waals surface area contributed by atoms with E-state index in [1.165, 1.54) is 23.9 Å². The number of carbonyl (C=O) groups excluding carboxylic acids is 1. The molecule has 0 aliphatic carbocycles. The molecule has 0 radical (unpaired) electrons. The molecule has 0 aliphatic heterocycles. The summed E-state index contributed by atoms with van der Waals surface area (Å²) < 4.78 is 35.3. The third kappa shape index (κ3) is 8.18. The van der Waals surface area contributed by atoms with Crippen molar-refractivity contribution in [3.8, 4) is 0 Å². The Morgan fingerprint density at radius 1 is 0.971 bits per heavy atom. The van der Waals surface area contributed by atoms with Crippen LogP contribution in [0.3, 0.4) is 0 Å². The molecule has 0 aromatic heterocycles. The van der Waals surface area contributed by atoms with E-state index in [0.717, 1.165) is 16.0 Å². The Balaban J connectivity index is 1.62. The van der Waals surface area contributed by atoms with Gasteiger partial charge in [0.15, 0.2) is 0 Å². The average Bonchev–Trinajstić information content (AvgIpc) is 2.85. The number of nitrogens with one attached hydrogen (secondary N) is 1. The van der Waals surface area contributed by atoms with Crippen LogP contribution < -0.4 is 5.32 Å². The van der Waals surface area contributed by atoms with Gasteiger partial charge < -0.3 is 15.2 Å². The number of rotatable bonds is 11. The molecule has 3 aromatic carbocycles. The van der Waals surface area contributed by atoms with Crippen LogP contribution in [0.2, 0.25) is 0 Å². The zero-order chi connectivity index (χ0) is 24.4. The number of ether oxygens (including phenoxy) is 1. The van der Waals surface area contributed by atoms with Gasteiger partial charge in [0.05, 0.1) is 23.6 Å². The van der Waals surface area contributed by atoms with Crippen LogP contribution >= 0.6 is 11.8 Å². The van der Waals surface area contributed by atoms with Crippen molar-refractivity contribution < 1.29 is 27.2 Å². The number of hydrogen-bond acceptors (Lipinski definition) is 7. The lowest BCUT2D eigenvalue weighted by atomic mass is 10.2. The SMILES string of the molecule is Cc1ccc(S(=O)(=O)OC[C@H](O)[C@H](CSc2ccccc2)NC(=O)OCc2ccccc2)cc1. The summed E-state index contributed by atoms with van der Waals surface area (Å²) in [5, 5.41) is 13.3. The van der Waals surface area contributed by atoms with Crippen LogP contribution in [0.1, 0.15) is 11.1 Å². The second-order valence-corrected chi connectivity index (χ2v) is 10.3. The zero-order valence-corrected chi connectivity index (χ0v) is 20.3. The third-order valence-electron chi connectivity index (χ3n) is 4.86. The van der Waals surface area contributed by atoms with Crippen molar-refractivity contribution in [3.63, 3.8) is 0 Å². The van der Waals surface area contributed by atoms with Gasteiger partial charge >= 0.3 is 6.09 Å². The molecule has 0 saturated heterocycles. The molecule has 34 heavy (non-hydrogen) atoms. The van der Waals surface area contributed by atoms with E-state index < -0.39 is 35.0 Å². The smallest absolute Gasteiger partial charge is 0.407 e. The summed E-state index contributed by atoms with van der Waals surface area (Å²) in [5.74, 6) is 0.277. The topological polar surface area (TPSA) is 102 Å². The van der Waals surface area contributed by atoms with E-state index in [4.69, 9.17) is 8.92 Å². The average molecular weight is 502 g/mol. The summed E-state index contributed by atoms with van der Waals surface area (Å²) in [6.07, 6.45) is -2.01. The quantitative estimate of drug-likeness (QED) is 0.301. The lowest BCUT2D eigenvalue weighted by molar-refractivity contribution is 0.0746. The molecule has 3 aromatic rings. The highest BCUT2D eigenvalue weighted by molar-refractivity contribution is 7.99. The van der Waals surface area contributed by atoms with Crippen molar-refractivity contribution in [2.75, 3.05) is 12.4 Å². The van der Waals surface area contributed by atoms with Gasteiger partial charge in [-0.05, 0) is 36.8 Å². The number of aliphatic hydroxyl groups excluding tert-OH is 1.